The third kappa shape index (κ3) is 4.28. The molecular formula is C18H29N3O2S. The van der Waals surface area contributed by atoms with Crippen LogP contribution in [0.1, 0.15) is 69.6 Å². The van der Waals surface area contributed by atoms with E-state index in [1.165, 1.54) is 43.4 Å². The maximum Gasteiger partial charge on any atom is 0.324 e. The lowest BCUT2D eigenvalue weighted by molar-refractivity contribution is 0.105. The van der Waals surface area contributed by atoms with E-state index in [-0.39, 0.29) is 12.6 Å². The Hall–Kier alpha value is -1.14. The number of hydrogen-bond acceptors (Lipinski definition) is 4. The van der Waals surface area contributed by atoms with Gasteiger partial charge in [0.05, 0.1) is 11.5 Å². The summed E-state index contributed by atoms with van der Waals surface area (Å²) in [6.45, 7) is 2.29. The minimum Gasteiger partial charge on any atom is -0.391 e. The second-order valence-electron chi connectivity index (χ2n) is 7.33. The molecule has 2 aliphatic rings. The molecule has 6 heteroatoms. The number of nitrogens with zero attached hydrogens (tertiary/aromatic N) is 2. The molecule has 0 atom stereocenters. The van der Waals surface area contributed by atoms with Crippen LogP contribution in [0.3, 0.4) is 0 Å². The quantitative estimate of drug-likeness (QED) is 0.846. The summed E-state index contributed by atoms with van der Waals surface area (Å²) in [5.74, 6) is 0.781. The Labute approximate surface area is 148 Å². The number of carbonyl (C=O) groups excluding carboxylic acids is 1. The van der Waals surface area contributed by atoms with E-state index in [2.05, 4.69) is 22.1 Å². The van der Waals surface area contributed by atoms with Gasteiger partial charge in [0.2, 0.25) is 0 Å². The van der Waals surface area contributed by atoms with Crippen molar-refractivity contribution in [2.45, 2.75) is 83.4 Å². The van der Waals surface area contributed by atoms with E-state index in [0.717, 1.165) is 36.5 Å². The molecule has 1 heterocycles. The third-order valence-corrected chi connectivity index (χ3v) is 6.40. The monoisotopic (exact) mass is 351 g/mol. The molecule has 0 aromatic carbocycles. The van der Waals surface area contributed by atoms with Crippen molar-refractivity contribution in [2.75, 3.05) is 5.32 Å². The Morgan fingerprint density at radius 1 is 1.21 bits per heavy atom. The topological polar surface area (TPSA) is 65.5 Å². The molecule has 2 N–H and O–H groups in total. The summed E-state index contributed by atoms with van der Waals surface area (Å²) in [5, 5.41) is 12.8. The van der Waals surface area contributed by atoms with Crippen LogP contribution >= 0.6 is 11.3 Å². The van der Waals surface area contributed by atoms with Gasteiger partial charge in [-0.15, -0.1) is 0 Å². The molecule has 1 aromatic heterocycles. The zero-order chi connectivity index (χ0) is 16.9. The molecule has 0 saturated heterocycles. The normalized spacial score (nSPS) is 25.4. The van der Waals surface area contributed by atoms with Gasteiger partial charge in [-0.25, -0.2) is 9.78 Å². The highest BCUT2D eigenvalue weighted by Gasteiger charge is 2.33. The number of aromatic nitrogens is 1. The molecule has 2 fully saturated rings. The van der Waals surface area contributed by atoms with E-state index in [9.17, 15) is 9.90 Å². The zero-order valence-corrected chi connectivity index (χ0v) is 15.4. The Morgan fingerprint density at radius 3 is 2.50 bits per heavy atom. The summed E-state index contributed by atoms with van der Waals surface area (Å²) in [7, 11) is 0. The molecule has 2 amide bonds. The molecular weight excluding hydrogens is 322 g/mol. The van der Waals surface area contributed by atoms with Gasteiger partial charge >= 0.3 is 6.03 Å². The van der Waals surface area contributed by atoms with E-state index in [1.54, 1.807) is 6.20 Å². The van der Waals surface area contributed by atoms with Crippen molar-refractivity contribution in [2.24, 2.45) is 5.92 Å². The highest BCUT2D eigenvalue weighted by molar-refractivity contribution is 7.15. The second kappa shape index (κ2) is 8.30. The lowest BCUT2D eigenvalue weighted by Gasteiger charge is -2.42. The smallest absolute Gasteiger partial charge is 0.324 e. The van der Waals surface area contributed by atoms with Gasteiger partial charge in [-0.3, -0.25) is 5.32 Å². The molecule has 0 unspecified atom stereocenters. The van der Waals surface area contributed by atoms with Crippen LogP contribution in [-0.2, 0) is 6.61 Å². The van der Waals surface area contributed by atoms with E-state index in [1.807, 2.05) is 0 Å². The lowest BCUT2D eigenvalue weighted by atomic mass is 9.84. The van der Waals surface area contributed by atoms with Gasteiger partial charge in [-0.05, 0) is 44.4 Å². The maximum absolute atomic E-state index is 13.0. The summed E-state index contributed by atoms with van der Waals surface area (Å²) in [6.07, 6.45) is 12.3. The summed E-state index contributed by atoms with van der Waals surface area (Å²) in [6, 6.07) is 0.733. The standard InChI is InChI=1S/C18H29N3O2S/c1-13-7-9-15(10-8-13)21(14-5-3-2-4-6-14)18(23)20-17-19-11-16(12-22)24-17/h11,13-15,22H,2-10,12H2,1H3,(H,19,20,23). The van der Waals surface area contributed by atoms with Crippen LogP contribution in [0.25, 0.3) is 0 Å². The molecule has 0 spiro atoms. The van der Waals surface area contributed by atoms with Crippen molar-refractivity contribution < 1.29 is 9.90 Å². The van der Waals surface area contributed by atoms with E-state index < -0.39 is 0 Å². The Kier molecular flexibility index (Phi) is 6.11. The molecule has 0 bridgehead atoms. The minimum absolute atomic E-state index is 0.000271. The van der Waals surface area contributed by atoms with Crippen molar-refractivity contribution in [1.29, 1.82) is 0 Å². The summed E-state index contributed by atoms with van der Waals surface area (Å²) in [4.78, 5) is 20.1. The molecule has 24 heavy (non-hydrogen) atoms. The first kappa shape index (κ1) is 17.7. The van der Waals surface area contributed by atoms with E-state index in [4.69, 9.17) is 0 Å². The predicted molar refractivity (Wildman–Crippen MR) is 97.2 cm³/mol. The number of carbonyl (C=O) groups is 1. The number of hydrogen-bond donors (Lipinski definition) is 2. The highest BCUT2D eigenvalue weighted by Crippen LogP contribution is 2.33. The summed E-state index contributed by atoms with van der Waals surface area (Å²) < 4.78 is 0. The fraction of sp³-hybridized carbons (Fsp3) is 0.778. The Bertz CT molecular complexity index is 534. The van der Waals surface area contributed by atoms with Crippen molar-refractivity contribution in [1.82, 2.24) is 9.88 Å². The summed E-state index contributed by atoms with van der Waals surface area (Å²) >= 11 is 1.35. The van der Waals surface area contributed by atoms with Crippen LogP contribution in [0.5, 0.6) is 0 Å². The molecule has 3 rings (SSSR count). The van der Waals surface area contributed by atoms with Gasteiger partial charge in [0.1, 0.15) is 0 Å². The lowest BCUT2D eigenvalue weighted by Crippen LogP contribution is -2.51. The van der Waals surface area contributed by atoms with Gasteiger partial charge in [0.15, 0.2) is 5.13 Å². The number of aliphatic hydroxyl groups is 1. The SMILES string of the molecule is CC1CCC(N(C(=O)Nc2ncc(CO)s2)C2CCCCC2)CC1. The highest BCUT2D eigenvalue weighted by atomic mass is 32.1. The average Bonchev–Trinajstić information content (AvgIpc) is 3.05. The number of nitrogens with one attached hydrogen (secondary N) is 1. The first-order chi connectivity index (χ1) is 11.7. The zero-order valence-electron chi connectivity index (χ0n) is 14.5. The first-order valence-electron chi connectivity index (χ1n) is 9.32. The molecule has 0 aliphatic heterocycles. The van der Waals surface area contributed by atoms with Gasteiger partial charge < -0.3 is 10.0 Å². The van der Waals surface area contributed by atoms with Crippen molar-refractivity contribution >= 4 is 22.5 Å². The van der Waals surface area contributed by atoms with Crippen LogP contribution in [0.15, 0.2) is 6.20 Å². The fourth-order valence-corrected chi connectivity index (χ4v) is 4.77. The maximum atomic E-state index is 13.0. The molecule has 5 nitrogen and oxygen atoms in total. The van der Waals surface area contributed by atoms with Crippen molar-refractivity contribution in [3.05, 3.63) is 11.1 Å². The molecule has 134 valence electrons. The van der Waals surface area contributed by atoms with Gasteiger partial charge in [-0.1, -0.05) is 37.5 Å². The number of anilines is 1. The Morgan fingerprint density at radius 2 is 1.88 bits per heavy atom. The summed E-state index contributed by atoms with van der Waals surface area (Å²) in [5.41, 5.74) is 0. The minimum atomic E-state index is -0.0274. The van der Waals surface area contributed by atoms with E-state index in [0.29, 0.717) is 17.2 Å². The number of amides is 2. The molecule has 2 aliphatic carbocycles. The van der Waals surface area contributed by atoms with Crippen LogP contribution < -0.4 is 5.32 Å². The van der Waals surface area contributed by atoms with Crippen LogP contribution in [-0.4, -0.2) is 33.1 Å². The average molecular weight is 352 g/mol. The number of urea groups is 1. The number of thiazole rings is 1. The van der Waals surface area contributed by atoms with Crippen molar-refractivity contribution in [3.63, 3.8) is 0 Å². The fourth-order valence-electron chi connectivity index (χ4n) is 4.10. The number of aliphatic hydroxyl groups excluding tert-OH is 1. The van der Waals surface area contributed by atoms with Crippen LogP contribution in [0.2, 0.25) is 0 Å². The van der Waals surface area contributed by atoms with Crippen LogP contribution in [0, 0.1) is 5.92 Å². The molecule has 2 saturated carbocycles. The largest absolute Gasteiger partial charge is 0.391 e. The van der Waals surface area contributed by atoms with E-state index >= 15 is 0 Å². The third-order valence-electron chi connectivity index (χ3n) is 5.50. The Balaban J connectivity index is 1.71. The van der Waals surface area contributed by atoms with Crippen molar-refractivity contribution in [3.8, 4) is 0 Å². The van der Waals surface area contributed by atoms with Gasteiger partial charge in [-0.2, -0.15) is 0 Å². The first-order valence-corrected chi connectivity index (χ1v) is 10.1. The van der Waals surface area contributed by atoms with Gasteiger partial charge in [0, 0.05) is 18.3 Å². The van der Waals surface area contributed by atoms with Gasteiger partial charge in [0.25, 0.3) is 0 Å². The van der Waals surface area contributed by atoms with Crippen LogP contribution in [0.4, 0.5) is 9.93 Å². The number of rotatable bonds is 4. The predicted octanol–water partition coefficient (Wildman–Crippen LogP) is 4.38. The molecule has 1 aromatic rings. The molecule has 0 radical (unpaired) electrons. The second-order valence-corrected chi connectivity index (χ2v) is 8.45.